The summed E-state index contributed by atoms with van der Waals surface area (Å²) in [5.41, 5.74) is 9.92. The van der Waals surface area contributed by atoms with Gasteiger partial charge in [-0.1, -0.05) is 32.0 Å². The summed E-state index contributed by atoms with van der Waals surface area (Å²) in [6.45, 7) is 7.26. The number of nitrogens with zero attached hydrogens (tertiary/aromatic N) is 1. The van der Waals surface area contributed by atoms with E-state index in [1.165, 1.54) is 22.2 Å². The number of hydrogen-bond acceptors (Lipinski definition) is 1. The maximum Gasteiger partial charge on any atom is 0.0482 e. The highest BCUT2D eigenvalue weighted by Crippen LogP contribution is 2.34. The third-order valence-electron chi connectivity index (χ3n) is 3.59. The molecular weight excluding hydrogens is 196 g/mol. The van der Waals surface area contributed by atoms with E-state index < -0.39 is 0 Å². The van der Waals surface area contributed by atoms with Crippen molar-refractivity contribution in [3.8, 4) is 0 Å². The second-order valence-electron chi connectivity index (χ2n) is 5.12. The highest BCUT2D eigenvalue weighted by atomic mass is 14.9. The Morgan fingerprint density at radius 1 is 1.25 bits per heavy atom. The minimum Gasteiger partial charge on any atom is -0.348 e. The molecule has 0 radical (unpaired) electrons. The molecule has 1 heterocycles. The Hall–Kier alpha value is -1.28. The number of aryl methyl sites for hydroxylation is 1. The van der Waals surface area contributed by atoms with Gasteiger partial charge in [0, 0.05) is 35.6 Å². The van der Waals surface area contributed by atoms with Gasteiger partial charge in [-0.15, -0.1) is 0 Å². The molecule has 0 aliphatic rings. The molecular formula is C14H20N2. The molecule has 0 bridgehead atoms. The van der Waals surface area contributed by atoms with Crippen molar-refractivity contribution in [1.29, 1.82) is 0 Å². The summed E-state index contributed by atoms with van der Waals surface area (Å²) in [6, 6.07) is 8.53. The summed E-state index contributed by atoms with van der Waals surface area (Å²) < 4.78 is 2.25. The lowest BCUT2D eigenvalue weighted by Gasteiger charge is -2.23. The molecule has 86 valence electrons. The first-order chi connectivity index (χ1) is 7.49. The molecule has 16 heavy (non-hydrogen) atoms. The smallest absolute Gasteiger partial charge is 0.0482 e. The van der Waals surface area contributed by atoms with Crippen LogP contribution in [0.1, 0.15) is 25.1 Å². The van der Waals surface area contributed by atoms with Crippen LogP contribution in [0.2, 0.25) is 0 Å². The molecule has 1 aromatic heterocycles. The summed E-state index contributed by atoms with van der Waals surface area (Å²) in [4.78, 5) is 0. The van der Waals surface area contributed by atoms with Crippen LogP contribution in [-0.2, 0) is 12.5 Å². The summed E-state index contributed by atoms with van der Waals surface area (Å²) in [7, 11) is 2.12. The Morgan fingerprint density at radius 3 is 2.50 bits per heavy atom. The molecule has 0 aliphatic carbocycles. The van der Waals surface area contributed by atoms with Gasteiger partial charge in [0.25, 0.3) is 0 Å². The van der Waals surface area contributed by atoms with E-state index >= 15 is 0 Å². The lowest BCUT2D eigenvalue weighted by molar-refractivity contribution is 0.537. The van der Waals surface area contributed by atoms with Gasteiger partial charge in [-0.2, -0.15) is 0 Å². The van der Waals surface area contributed by atoms with Crippen molar-refractivity contribution in [2.45, 2.75) is 26.2 Å². The van der Waals surface area contributed by atoms with E-state index in [2.05, 4.69) is 56.7 Å². The minimum atomic E-state index is 0.0327. The Bertz CT molecular complexity index is 521. The van der Waals surface area contributed by atoms with E-state index in [1.807, 2.05) is 0 Å². The zero-order chi connectivity index (χ0) is 11.9. The van der Waals surface area contributed by atoms with Crippen molar-refractivity contribution in [2.24, 2.45) is 12.8 Å². The normalized spacial score (nSPS) is 12.3. The third-order valence-corrected chi connectivity index (χ3v) is 3.59. The number of para-hydroxylation sites is 1. The number of nitrogens with two attached hydrogens (primary N) is 1. The van der Waals surface area contributed by atoms with Crippen molar-refractivity contribution < 1.29 is 0 Å². The van der Waals surface area contributed by atoms with Crippen LogP contribution in [0.4, 0.5) is 0 Å². The molecule has 2 aromatic rings. The van der Waals surface area contributed by atoms with Gasteiger partial charge in [0.05, 0.1) is 0 Å². The average Bonchev–Trinajstić information content (AvgIpc) is 2.53. The summed E-state index contributed by atoms with van der Waals surface area (Å²) >= 11 is 0. The maximum atomic E-state index is 5.90. The Labute approximate surface area is 97.1 Å². The summed E-state index contributed by atoms with van der Waals surface area (Å²) in [6.07, 6.45) is 0. The quantitative estimate of drug-likeness (QED) is 0.822. The van der Waals surface area contributed by atoms with Gasteiger partial charge < -0.3 is 10.3 Å². The number of benzene rings is 1. The van der Waals surface area contributed by atoms with Crippen molar-refractivity contribution in [1.82, 2.24) is 4.57 Å². The van der Waals surface area contributed by atoms with E-state index in [-0.39, 0.29) is 5.41 Å². The molecule has 0 amide bonds. The van der Waals surface area contributed by atoms with Gasteiger partial charge in [0.15, 0.2) is 0 Å². The highest BCUT2D eigenvalue weighted by molar-refractivity contribution is 5.86. The number of fused-ring (bicyclic) bond motifs is 1. The molecule has 2 N–H and O–H groups in total. The van der Waals surface area contributed by atoms with Crippen LogP contribution in [0.25, 0.3) is 10.9 Å². The molecule has 0 fully saturated rings. The highest BCUT2D eigenvalue weighted by Gasteiger charge is 2.25. The zero-order valence-electron chi connectivity index (χ0n) is 10.5. The zero-order valence-corrected chi connectivity index (χ0v) is 10.5. The predicted molar refractivity (Wildman–Crippen MR) is 69.7 cm³/mol. The lowest BCUT2D eigenvalue weighted by Crippen LogP contribution is -2.28. The monoisotopic (exact) mass is 216 g/mol. The molecule has 2 nitrogen and oxygen atoms in total. The average molecular weight is 216 g/mol. The Morgan fingerprint density at radius 2 is 1.88 bits per heavy atom. The molecule has 0 spiro atoms. The van der Waals surface area contributed by atoms with Gasteiger partial charge in [-0.3, -0.25) is 0 Å². The second-order valence-corrected chi connectivity index (χ2v) is 5.12. The molecule has 0 aliphatic heterocycles. The van der Waals surface area contributed by atoms with Crippen LogP contribution in [0.5, 0.6) is 0 Å². The van der Waals surface area contributed by atoms with Crippen LogP contribution in [0, 0.1) is 6.92 Å². The SMILES string of the molecule is Cc1c(C(C)(C)CN)c2ccccc2n1C. The standard InChI is InChI=1S/C14H20N2/c1-10-13(14(2,3)9-15)11-7-5-6-8-12(11)16(10)4/h5-8H,9,15H2,1-4H3. The number of rotatable bonds is 2. The fraction of sp³-hybridized carbons (Fsp3) is 0.429. The predicted octanol–water partition coefficient (Wildman–Crippen LogP) is 2.72. The number of aromatic nitrogens is 1. The van der Waals surface area contributed by atoms with E-state index in [0.29, 0.717) is 6.54 Å². The van der Waals surface area contributed by atoms with Crippen LogP contribution in [-0.4, -0.2) is 11.1 Å². The molecule has 0 saturated carbocycles. The Balaban J connectivity index is 2.84. The lowest BCUT2D eigenvalue weighted by atomic mass is 9.83. The molecule has 1 aromatic carbocycles. The van der Waals surface area contributed by atoms with Gasteiger partial charge in [0.1, 0.15) is 0 Å². The van der Waals surface area contributed by atoms with Gasteiger partial charge >= 0.3 is 0 Å². The summed E-state index contributed by atoms with van der Waals surface area (Å²) in [5, 5.41) is 1.33. The fourth-order valence-electron chi connectivity index (χ4n) is 2.48. The van der Waals surface area contributed by atoms with Crippen LogP contribution in [0.15, 0.2) is 24.3 Å². The van der Waals surface area contributed by atoms with Crippen LogP contribution >= 0.6 is 0 Å². The molecule has 2 rings (SSSR count). The summed E-state index contributed by atoms with van der Waals surface area (Å²) in [5.74, 6) is 0. The van der Waals surface area contributed by atoms with Gasteiger partial charge in [0.2, 0.25) is 0 Å². The third kappa shape index (κ3) is 1.45. The second kappa shape index (κ2) is 3.63. The molecule has 0 atom stereocenters. The van der Waals surface area contributed by atoms with Crippen molar-refractivity contribution >= 4 is 10.9 Å². The fourth-order valence-corrected chi connectivity index (χ4v) is 2.48. The van der Waals surface area contributed by atoms with Gasteiger partial charge in [-0.25, -0.2) is 0 Å². The molecule has 0 saturated heterocycles. The van der Waals surface area contributed by atoms with E-state index in [9.17, 15) is 0 Å². The topological polar surface area (TPSA) is 30.9 Å². The maximum absolute atomic E-state index is 5.90. The van der Waals surface area contributed by atoms with E-state index in [1.54, 1.807) is 0 Å². The van der Waals surface area contributed by atoms with Crippen molar-refractivity contribution in [3.05, 3.63) is 35.5 Å². The Kier molecular flexibility index (Phi) is 2.55. The van der Waals surface area contributed by atoms with Crippen LogP contribution < -0.4 is 5.73 Å². The molecule has 2 heteroatoms. The first-order valence-corrected chi connectivity index (χ1v) is 5.73. The molecule has 0 unspecified atom stereocenters. The van der Waals surface area contributed by atoms with Crippen molar-refractivity contribution in [2.75, 3.05) is 6.54 Å². The van der Waals surface area contributed by atoms with E-state index in [4.69, 9.17) is 5.73 Å². The van der Waals surface area contributed by atoms with E-state index in [0.717, 1.165) is 0 Å². The van der Waals surface area contributed by atoms with Gasteiger partial charge in [-0.05, 0) is 18.6 Å². The first kappa shape index (κ1) is 11.2. The minimum absolute atomic E-state index is 0.0327. The first-order valence-electron chi connectivity index (χ1n) is 5.73. The van der Waals surface area contributed by atoms with Crippen molar-refractivity contribution in [3.63, 3.8) is 0 Å². The number of hydrogen-bond donors (Lipinski definition) is 1. The van der Waals surface area contributed by atoms with Crippen LogP contribution in [0.3, 0.4) is 0 Å². The largest absolute Gasteiger partial charge is 0.348 e.